The fourth-order valence-corrected chi connectivity index (χ4v) is 2.07. The second kappa shape index (κ2) is 4.54. The molecule has 1 aliphatic heterocycles. The van der Waals surface area contributed by atoms with Gasteiger partial charge >= 0.3 is 12.2 Å². The van der Waals surface area contributed by atoms with E-state index in [4.69, 9.17) is 4.74 Å². The zero-order valence-electron chi connectivity index (χ0n) is 8.91. The van der Waals surface area contributed by atoms with Crippen molar-refractivity contribution in [2.75, 3.05) is 6.61 Å². The zero-order valence-corrected chi connectivity index (χ0v) is 9.73. The fourth-order valence-electron chi connectivity index (χ4n) is 1.40. The van der Waals surface area contributed by atoms with Gasteiger partial charge in [-0.2, -0.15) is 11.3 Å². The summed E-state index contributed by atoms with van der Waals surface area (Å²) in [7, 11) is 0. The molecule has 0 saturated carbocycles. The number of hydrogen-bond acceptors (Lipinski definition) is 6. The van der Waals surface area contributed by atoms with E-state index in [9.17, 15) is 14.4 Å². The molecule has 0 radical (unpaired) electrons. The molecule has 1 atom stereocenters. The molecule has 2 rings (SSSR count). The van der Waals surface area contributed by atoms with Crippen LogP contribution in [0.3, 0.4) is 0 Å². The van der Waals surface area contributed by atoms with E-state index in [-0.39, 0.29) is 6.61 Å². The number of carbonyl (C=O) groups excluding carboxylic acids is 3. The first-order valence-corrected chi connectivity index (χ1v) is 5.83. The van der Waals surface area contributed by atoms with Gasteiger partial charge in [-0.1, -0.05) is 0 Å². The molecule has 0 aliphatic carbocycles. The molecule has 0 N–H and O–H groups in total. The number of cyclic esters (lactones) is 1. The summed E-state index contributed by atoms with van der Waals surface area (Å²) in [5.74, 6) is -0.716. The molecule has 1 saturated heterocycles. The topological polar surface area (TPSA) is 72.9 Å². The molecule has 2 heterocycles. The van der Waals surface area contributed by atoms with E-state index in [1.165, 1.54) is 11.3 Å². The smallest absolute Gasteiger partial charge is 0.427 e. The van der Waals surface area contributed by atoms with E-state index in [2.05, 4.69) is 4.74 Å². The molecule has 1 aromatic rings. The average Bonchev–Trinajstić information content (AvgIpc) is 2.87. The third-order valence-corrected chi connectivity index (χ3v) is 2.84. The molecular formula is C10H9NO5S. The van der Waals surface area contributed by atoms with E-state index >= 15 is 0 Å². The number of rotatable bonds is 2. The third-order valence-electron chi connectivity index (χ3n) is 2.14. The van der Waals surface area contributed by atoms with Gasteiger partial charge in [0.05, 0.1) is 6.61 Å². The van der Waals surface area contributed by atoms with E-state index in [1.807, 2.05) is 0 Å². The summed E-state index contributed by atoms with van der Waals surface area (Å²) in [5, 5.41) is 3.44. The number of carbonyl (C=O) groups is 3. The van der Waals surface area contributed by atoms with Gasteiger partial charge in [-0.3, -0.25) is 4.79 Å². The molecule has 0 aromatic carbocycles. The molecule has 17 heavy (non-hydrogen) atoms. The molecule has 7 heteroatoms. The predicted octanol–water partition coefficient (Wildman–Crippen LogP) is 1.92. The van der Waals surface area contributed by atoms with Crippen LogP contribution in [-0.4, -0.2) is 29.6 Å². The van der Waals surface area contributed by atoms with E-state index in [1.54, 1.807) is 23.8 Å². The van der Waals surface area contributed by atoms with Crippen LogP contribution in [0.25, 0.3) is 0 Å². The van der Waals surface area contributed by atoms with Crippen LogP contribution in [0.1, 0.15) is 18.6 Å². The van der Waals surface area contributed by atoms with Gasteiger partial charge < -0.3 is 9.47 Å². The summed E-state index contributed by atoms with van der Waals surface area (Å²) >= 11 is 1.37. The summed E-state index contributed by atoms with van der Waals surface area (Å²) < 4.78 is 9.44. The minimum Gasteiger partial charge on any atom is -0.449 e. The summed E-state index contributed by atoms with van der Waals surface area (Å²) in [4.78, 5) is 35.0. The quantitative estimate of drug-likeness (QED) is 0.807. The van der Waals surface area contributed by atoms with Crippen molar-refractivity contribution in [1.82, 2.24) is 4.90 Å². The molecule has 1 aromatic heterocycles. The Morgan fingerprint density at radius 1 is 1.59 bits per heavy atom. The summed E-state index contributed by atoms with van der Waals surface area (Å²) in [6.45, 7) is 1.67. The van der Waals surface area contributed by atoms with Crippen molar-refractivity contribution in [2.45, 2.75) is 13.0 Å². The first-order valence-electron chi connectivity index (χ1n) is 4.88. The van der Waals surface area contributed by atoms with Gasteiger partial charge in [0.15, 0.2) is 0 Å². The molecular weight excluding hydrogens is 246 g/mol. The Hall–Kier alpha value is -1.89. The van der Waals surface area contributed by atoms with Gasteiger partial charge in [-0.15, -0.1) is 4.90 Å². The Balaban J connectivity index is 2.20. The lowest BCUT2D eigenvalue weighted by Crippen LogP contribution is -2.36. The predicted molar refractivity (Wildman–Crippen MR) is 57.4 cm³/mol. The van der Waals surface area contributed by atoms with Crippen LogP contribution in [-0.2, 0) is 14.3 Å². The first kappa shape index (κ1) is 11.6. The minimum atomic E-state index is -1.04. The molecule has 1 aliphatic rings. The Morgan fingerprint density at radius 2 is 2.35 bits per heavy atom. The normalized spacial score (nSPS) is 19.4. The standard InChI is InChI=1S/C10H9NO5S/c1-2-15-9(13)11-8(12)7(16-10(11)14)6-3-4-17-5-6/h3-5,7H,2H2,1H3. The number of ether oxygens (including phenoxy) is 2. The van der Waals surface area contributed by atoms with Crippen LogP contribution in [0.5, 0.6) is 0 Å². The highest BCUT2D eigenvalue weighted by Crippen LogP contribution is 2.29. The van der Waals surface area contributed by atoms with Gasteiger partial charge in [0.25, 0.3) is 5.91 Å². The zero-order chi connectivity index (χ0) is 12.4. The van der Waals surface area contributed by atoms with Crippen LogP contribution in [0.4, 0.5) is 9.59 Å². The second-order valence-electron chi connectivity index (χ2n) is 3.19. The lowest BCUT2D eigenvalue weighted by Gasteiger charge is -2.08. The van der Waals surface area contributed by atoms with Crippen molar-refractivity contribution in [3.63, 3.8) is 0 Å². The van der Waals surface area contributed by atoms with Crippen LogP contribution < -0.4 is 0 Å². The minimum absolute atomic E-state index is 0.0824. The van der Waals surface area contributed by atoms with E-state index < -0.39 is 24.2 Å². The maximum Gasteiger partial charge on any atom is 0.427 e. The van der Waals surface area contributed by atoms with Gasteiger partial charge in [-0.25, -0.2) is 9.59 Å². The van der Waals surface area contributed by atoms with Gasteiger partial charge in [0, 0.05) is 5.56 Å². The number of hydrogen-bond donors (Lipinski definition) is 0. The van der Waals surface area contributed by atoms with Crippen molar-refractivity contribution >= 4 is 29.4 Å². The highest BCUT2D eigenvalue weighted by atomic mass is 32.1. The second-order valence-corrected chi connectivity index (χ2v) is 3.97. The first-order chi connectivity index (χ1) is 8.15. The van der Waals surface area contributed by atoms with Crippen LogP contribution in [0, 0.1) is 0 Å². The van der Waals surface area contributed by atoms with Crippen molar-refractivity contribution in [3.05, 3.63) is 22.4 Å². The number of thiophene rings is 1. The lowest BCUT2D eigenvalue weighted by molar-refractivity contribution is -0.128. The maximum atomic E-state index is 11.8. The maximum absolute atomic E-state index is 11.8. The molecule has 1 fully saturated rings. The van der Waals surface area contributed by atoms with Gasteiger partial charge in [-0.05, 0) is 23.8 Å². The van der Waals surface area contributed by atoms with Crippen molar-refractivity contribution < 1.29 is 23.9 Å². The molecule has 1 unspecified atom stereocenters. The Bertz CT molecular complexity index is 455. The van der Waals surface area contributed by atoms with E-state index in [0.29, 0.717) is 10.5 Å². The van der Waals surface area contributed by atoms with Crippen LogP contribution in [0.15, 0.2) is 16.8 Å². The largest absolute Gasteiger partial charge is 0.449 e. The average molecular weight is 255 g/mol. The SMILES string of the molecule is CCOC(=O)N1C(=O)OC(c2ccsc2)C1=O. The highest BCUT2D eigenvalue weighted by molar-refractivity contribution is 7.08. The monoisotopic (exact) mass is 255 g/mol. The van der Waals surface area contributed by atoms with E-state index in [0.717, 1.165) is 0 Å². The van der Waals surface area contributed by atoms with Crippen molar-refractivity contribution in [1.29, 1.82) is 0 Å². The van der Waals surface area contributed by atoms with Crippen LogP contribution >= 0.6 is 11.3 Å². The molecule has 6 nitrogen and oxygen atoms in total. The highest BCUT2D eigenvalue weighted by Gasteiger charge is 2.46. The van der Waals surface area contributed by atoms with Crippen molar-refractivity contribution in [3.8, 4) is 0 Å². The summed E-state index contributed by atoms with van der Waals surface area (Å²) in [5.41, 5.74) is 0.556. The molecule has 3 amide bonds. The van der Waals surface area contributed by atoms with Crippen molar-refractivity contribution in [2.24, 2.45) is 0 Å². The number of nitrogens with zero attached hydrogens (tertiary/aromatic N) is 1. The molecule has 90 valence electrons. The Morgan fingerprint density at radius 3 is 2.94 bits per heavy atom. The van der Waals surface area contributed by atoms with Crippen LogP contribution in [0.2, 0.25) is 0 Å². The number of imide groups is 3. The van der Waals surface area contributed by atoms with Gasteiger partial charge in [0.2, 0.25) is 6.10 Å². The fraction of sp³-hybridized carbons (Fsp3) is 0.300. The Labute approximate surface area is 101 Å². The number of amides is 3. The molecule has 0 spiro atoms. The third kappa shape index (κ3) is 2.01. The Kier molecular flexibility index (Phi) is 3.10. The summed E-state index contributed by atoms with van der Waals surface area (Å²) in [6, 6.07) is 1.66. The molecule has 0 bridgehead atoms. The summed E-state index contributed by atoms with van der Waals surface area (Å²) in [6.07, 6.45) is -3.04. The van der Waals surface area contributed by atoms with Gasteiger partial charge in [0.1, 0.15) is 0 Å². The lowest BCUT2D eigenvalue weighted by atomic mass is 10.2.